The summed E-state index contributed by atoms with van der Waals surface area (Å²) in [6.45, 7) is 0.456. The molecule has 33 heavy (non-hydrogen) atoms. The molecule has 0 atom stereocenters. The zero-order valence-corrected chi connectivity index (χ0v) is 18.9. The number of carbonyl (C=O) groups is 1. The molecule has 4 rings (SSSR count). The van der Waals surface area contributed by atoms with Gasteiger partial charge in [0.05, 0.1) is 12.0 Å². The molecule has 0 saturated carbocycles. The molecule has 1 heterocycles. The van der Waals surface area contributed by atoms with Crippen molar-refractivity contribution in [1.82, 2.24) is 20.2 Å². The van der Waals surface area contributed by atoms with E-state index in [1.807, 2.05) is 96.5 Å². The van der Waals surface area contributed by atoms with Crippen LogP contribution in [0.5, 0.6) is 5.75 Å². The fraction of sp³-hybridized carbons (Fsp3) is 0.120. The van der Waals surface area contributed by atoms with Crippen LogP contribution in [0.2, 0.25) is 0 Å². The molecule has 0 aliphatic carbocycles. The van der Waals surface area contributed by atoms with Crippen LogP contribution in [-0.4, -0.2) is 32.6 Å². The number of benzene rings is 3. The van der Waals surface area contributed by atoms with E-state index in [0.29, 0.717) is 17.5 Å². The van der Waals surface area contributed by atoms with Crippen molar-refractivity contribution in [2.45, 2.75) is 11.8 Å². The Morgan fingerprint density at radius 2 is 1.70 bits per heavy atom. The summed E-state index contributed by atoms with van der Waals surface area (Å²) in [7, 11) is 1.88. The lowest BCUT2D eigenvalue weighted by molar-refractivity contribution is -0.118. The molecule has 4 aromatic rings. The summed E-state index contributed by atoms with van der Waals surface area (Å²) in [5.41, 5.74) is 5.39. The van der Waals surface area contributed by atoms with E-state index in [4.69, 9.17) is 4.74 Å². The Bertz CT molecular complexity index is 1230. The third-order valence-corrected chi connectivity index (χ3v) is 5.77. The first kappa shape index (κ1) is 22.3. The first-order chi connectivity index (χ1) is 16.2. The van der Waals surface area contributed by atoms with Gasteiger partial charge >= 0.3 is 0 Å². The molecule has 3 aromatic carbocycles. The maximum atomic E-state index is 12.3. The van der Waals surface area contributed by atoms with Crippen molar-refractivity contribution >= 4 is 23.9 Å². The van der Waals surface area contributed by atoms with Gasteiger partial charge in [0.1, 0.15) is 12.4 Å². The van der Waals surface area contributed by atoms with Gasteiger partial charge in [-0.15, -0.1) is 10.2 Å². The molecule has 0 spiro atoms. The second kappa shape index (κ2) is 11.1. The van der Waals surface area contributed by atoms with Crippen LogP contribution in [0.15, 0.2) is 95.2 Å². The van der Waals surface area contributed by atoms with Gasteiger partial charge in [0.25, 0.3) is 5.91 Å². The number of thioether (sulfide) groups is 1. The molecule has 0 bridgehead atoms. The lowest BCUT2D eigenvalue weighted by atomic mass is 10.2. The van der Waals surface area contributed by atoms with Crippen molar-refractivity contribution < 1.29 is 9.53 Å². The van der Waals surface area contributed by atoms with Crippen LogP contribution in [0.25, 0.3) is 11.4 Å². The zero-order valence-electron chi connectivity index (χ0n) is 18.1. The van der Waals surface area contributed by atoms with E-state index in [-0.39, 0.29) is 11.7 Å². The minimum absolute atomic E-state index is 0.171. The number of aromatic nitrogens is 3. The summed E-state index contributed by atoms with van der Waals surface area (Å²) in [6, 6.07) is 27.3. The zero-order chi connectivity index (χ0) is 22.9. The molecule has 7 nitrogen and oxygen atoms in total. The van der Waals surface area contributed by atoms with Crippen molar-refractivity contribution in [3.05, 3.63) is 96.1 Å². The van der Waals surface area contributed by atoms with Gasteiger partial charge in [-0.05, 0) is 17.7 Å². The molecular formula is C25H23N5O2S. The number of hydrogen-bond acceptors (Lipinski definition) is 6. The van der Waals surface area contributed by atoms with Crippen LogP contribution in [0.1, 0.15) is 11.1 Å². The summed E-state index contributed by atoms with van der Waals surface area (Å²) in [5.74, 6) is 1.39. The average molecular weight is 458 g/mol. The first-order valence-corrected chi connectivity index (χ1v) is 11.3. The van der Waals surface area contributed by atoms with E-state index >= 15 is 0 Å². The van der Waals surface area contributed by atoms with Gasteiger partial charge in [0.15, 0.2) is 11.0 Å². The predicted molar refractivity (Wildman–Crippen MR) is 130 cm³/mol. The summed E-state index contributed by atoms with van der Waals surface area (Å²) >= 11 is 1.30. The van der Waals surface area contributed by atoms with Crippen molar-refractivity contribution in [1.29, 1.82) is 0 Å². The molecule has 1 aromatic heterocycles. The molecule has 8 heteroatoms. The normalized spacial score (nSPS) is 10.9. The van der Waals surface area contributed by atoms with Crippen LogP contribution in [0.4, 0.5) is 0 Å². The van der Waals surface area contributed by atoms with Crippen molar-refractivity contribution in [2.24, 2.45) is 12.1 Å². The van der Waals surface area contributed by atoms with Crippen LogP contribution in [-0.2, 0) is 18.4 Å². The fourth-order valence-corrected chi connectivity index (χ4v) is 3.77. The molecule has 0 saturated heterocycles. The Balaban J connectivity index is 1.30. The summed E-state index contributed by atoms with van der Waals surface area (Å²) in [5, 5.41) is 13.2. The van der Waals surface area contributed by atoms with E-state index in [1.165, 1.54) is 11.8 Å². The highest BCUT2D eigenvalue weighted by Gasteiger charge is 2.12. The maximum Gasteiger partial charge on any atom is 0.250 e. The smallest absolute Gasteiger partial charge is 0.250 e. The van der Waals surface area contributed by atoms with Crippen LogP contribution in [0.3, 0.4) is 0 Å². The van der Waals surface area contributed by atoms with E-state index in [2.05, 4.69) is 20.7 Å². The Morgan fingerprint density at radius 1 is 1.00 bits per heavy atom. The summed E-state index contributed by atoms with van der Waals surface area (Å²) in [4.78, 5) is 12.3. The lowest BCUT2D eigenvalue weighted by Gasteiger charge is -2.09. The molecule has 1 amide bonds. The third kappa shape index (κ3) is 6.08. The maximum absolute atomic E-state index is 12.3. The SMILES string of the molecule is Cn1c(SCC(=O)N/N=C\c2ccccc2OCc2ccccc2)nnc1-c1ccccc1. The molecule has 0 aliphatic heterocycles. The number of para-hydroxylation sites is 1. The van der Waals surface area contributed by atoms with E-state index in [0.717, 1.165) is 22.5 Å². The van der Waals surface area contributed by atoms with E-state index < -0.39 is 0 Å². The van der Waals surface area contributed by atoms with Crippen molar-refractivity contribution in [3.63, 3.8) is 0 Å². The number of hydrazone groups is 1. The van der Waals surface area contributed by atoms with Gasteiger partial charge in [-0.1, -0.05) is 84.6 Å². The molecule has 166 valence electrons. The number of nitrogens with zero attached hydrogens (tertiary/aromatic N) is 4. The lowest BCUT2D eigenvalue weighted by Crippen LogP contribution is -2.20. The largest absolute Gasteiger partial charge is 0.488 e. The number of amides is 1. The number of rotatable bonds is 9. The molecule has 1 N–H and O–H groups in total. The van der Waals surface area contributed by atoms with Crippen LogP contribution in [0, 0.1) is 0 Å². The Kier molecular flexibility index (Phi) is 7.50. The summed E-state index contributed by atoms with van der Waals surface area (Å²) in [6.07, 6.45) is 1.58. The first-order valence-electron chi connectivity index (χ1n) is 10.4. The van der Waals surface area contributed by atoms with E-state index in [1.54, 1.807) is 6.21 Å². The van der Waals surface area contributed by atoms with Crippen molar-refractivity contribution in [2.75, 3.05) is 5.75 Å². The quantitative estimate of drug-likeness (QED) is 0.230. The van der Waals surface area contributed by atoms with Crippen LogP contribution < -0.4 is 10.2 Å². The highest BCUT2D eigenvalue weighted by molar-refractivity contribution is 7.99. The average Bonchev–Trinajstić information content (AvgIpc) is 3.23. The van der Waals surface area contributed by atoms with Gasteiger partial charge in [0, 0.05) is 18.2 Å². The highest BCUT2D eigenvalue weighted by atomic mass is 32.2. The Hall–Kier alpha value is -3.91. The predicted octanol–water partition coefficient (Wildman–Crippen LogP) is 4.30. The molecule has 0 radical (unpaired) electrons. The highest BCUT2D eigenvalue weighted by Crippen LogP contribution is 2.22. The van der Waals surface area contributed by atoms with Crippen LogP contribution >= 0.6 is 11.8 Å². The standard InChI is InChI=1S/C25H23N5O2S/c1-30-24(20-12-6-3-7-13-20)28-29-25(30)33-18-23(31)27-26-16-21-14-8-9-15-22(21)32-17-19-10-4-2-5-11-19/h2-16H,17-18H2,1H3,(H,27,31)/b26-16-. The summed E-state index contributed by atoms with van der Waals surface area (Å²) < 4.78 is 7.78. The fourth-order valence-electron chi connectivity index (χ4n) is 3.07. The van der Waals surface area contributed by atoms with Gasteiger partial charge < -0.3 is 9.30 Å². The molecule has 0 aliphatic rings. The van der Waals surface area contributed by atoms with Gasteiger partial charge in [-0.3, -0.25) is 4.79 Å². The minimum Gasteiger partial charge on any atom is -0.488 e. The second-order valence-electron chi connectivity index (χ2n) is 7.13. The van der Waals surface area contributed by atoms with Gasteiger partial charge in [-0.25, -0.2) is 5.43 Å². The Morgan fingerprint density at radius 3 is 2.48 bits per heavy atom. The number of nitrogens with one attached hydrogen (secondary N) is 1. The number of hydrogen-bond donors (Lipinski definition) is 1. The third-order valence-electron chi connectivity index (χ3n) is 4.75. The van der Waals surface area contributed by atoms with E-state index in [9.17, 15) is 4.79 Å². The molecule has 0 fully saturated rings. The van der Waals surface area contributed by atoms with Gasteiger partial charge in [0.2, 0.25) is 0 Å². The molecule has 0 unspecified atom stereocenters. The number of carbonyl (C=O) groups excluding carboxylic acids is 1. The minimum atomic E-state index is -0.233. The number of ether oxygens (including phenoxy) is 1. The van der Waals surface area contributed by atoms with Gasteiger partial charge in [-0.2, -0.15) is 5.10 Å². The molecular weight excluding hydrogens is 434 g/mol. The second-order valence-corrected chi connectivity index (χ2v) is 8.07. The van der Waals surface area contributed by atoms with Crippen molar-refractivity contribution in [3.8, 4) is 17.1 Å². The topological polar surface area (TPSA) is 81.4 Å². The Labute approximate surface area is 196 Å². The monoisotopic (exact) mass is 457 g/mol.